The lowest BCUT2D eigenvalue weighted by Gasteiger charge is -2.09. The van der Waals surface area contributed by atoms with Crippen molar-refractivity contribution in [3.05, 3.63) is 65.2 Å². The third-order valence-corrected chi connectivity index (χ3v) is 4.68. The van der Waals surface area contributed by atoms with E-state index in [0.717, 1.165) is 24.1 Å². The molecule has 2 amide bonds. The molecule has 0 aliphatic rings. The molecule has 5 nitrogen and oxygen atoms in total. The molecule has 0 saturated heterocycles. The van der Waals surface area contributed by atoms with E-state index in [1.54, 1.807) is 0 Å². The Labute approximate surface area is 179 Å². The van der Waals surface area contributed by atoms with Crippen LogP contribution in [0.25, 0.3) is 0 Å². The molecule has 160 valence electrons. The molecule has 2 rings (SSSR count). The largest absolute Gasteiger partial charge is 0.352 e. The minimum Gasteiger partial charge on any atom is -0.352 e. The van der Waals surface area contributed by atoms with Crippen LogP contribution in [0.3, 0.4) is 0 Å². The fraction of sp³-hybridized carbons (Fsp3) is 0.400. The first kappa shape index (κ1) is 23.3. The standard InChI is InChI=1S/C25H32N2O3/c1-4-6-25(30)27-22-8-5-7-20(16-22)17-26-24(29)14-13-23(28)21-11-9-19(10-12-21)15-18(2)3/h5,7-12,16,18H,4,6,13-15,17H2,1-3H3,(H,26,29)(H,27,30). The van der Waals surface area contributed by atoms with Crippen molar-refractivity contribution >= 4 is 23.3 Å². The molecule has 0 bridgehead atoms. The van der Waals surface area contributed by atoms with E-state index in [-0.39, 0.29) is 30.4 Å². The van der Waals surface area contributed by atoms with Crippen LogP contribution < -0.4 is 10.6 Å². The van der Waals surface area contributed by atoms with Gasteiger partial charge in [0.05, 0.1) is 0 Å². The Morgan fingerprint density at radius 3 is 2.27 bits per heavy atom. The summed E-state index contributed by atoms with van der Waals surface area (Å²) in [5.74, 6) is 0.361. The Morgan fingerprint density at radius 1 is 0.867 bits per heavy atom. The van der Waals surface area contributed by atoms with Gasteiger partial charge in [0.15, 0.2) is 5.78 Å². The van der Waals surface area contributed by atoms with Crippen LogP contribution in [0.4, 0.5) is 5.69 Å². The van der Waals surface area contributed by atoms with E-state index < -0.39 is 0 Å². The third-order valence-electron chi connectivity index (χ3n) is 4.68. The number of nitrogens with one attached hydrogen (secondary N) is 2. The first-order valence-corrected chi connectivity index (χ1v) is 10.6. The molecular weight excluding hydrogens is 376 g/mol. The number of hydrogen-bond acceptors (Lipinski definition) is 3. The Morgan fingerprint density at radius 2 is 1.60 bits per heavy atom. The van der Waals surface area contributed by atoms with Crippen LogP contribution in [0.1, 0.15) is 67.9 Å². The predicted octanol–water partition coefficient (Wildman–Crippen LogP) is 4.90. The van der Waals surface area contributed by atoms with E-state index in [1.807, 2.05) is 55.5 Å². The number of rotatable bonds is 11. The smallest absolute Gasteiger partial charge is 0.224 e. The summed E-state index contributed by atoms with van der Waals surface area (Å²) in [6, 6.07) is 15.1. The highest BCUT2D eigenvalue weighted by atomic mass is 16.2. The van der Waals surface area contributed by atoms with Crippen LogP contribution >= 0.6 is 0 Å². The molecule has 2 aromatic rings. The Balaban J connectivity index is 1.78. The maximum Gasteiger partial charge on any atom is 0.224 e. The molecule has 2 aromatic carbocycles. The van der Waals surface area contributed by atoms with Gasteiger partial charge in [-0.2, -0.15) is 0 Å². The fourth-order valence-corrected chi connectivity index (χ4v) is 3.17. The normalized spacial score (nSPS) is 10.7. The molecule has 0 aliphatic carbocycles. The van der Waals surface area contributed by atoms with Gasteiger partial charge in [0.25, 0.3) is 0 Å². The minimum absolute atomic E-state index is 0.0190. The molecule has 0 atom stereocenters. The molecule has 5 heteroatoms. The van der Waals surface area contributed by atoms with E-state index in [0.29, 0.717) is 24.4 Å². The van der Waals surface area contributed by atoms with E-state index in [4.69, 9.17) is 0 Å². The first-order chi connectivity index (χ1) is 14.4. The number of Topliss-reactive ketones (excluding diaryl/α,β-unsaturated/α-hetero) is 1. The lowest BCUT2D eigenvalue weighted by molar-refractivity contribution is -0.121. The Bertz CT molecular complexity index is 857. The van der Waals surface area contributed by atoms with Crippen molar-refractivity contribution in [3.8, 4) is 0 Å². The summed E-state index contributed by atoms with van der Waals surface area (Å²) in [5, 5.41) is 5.69. The quantitative estimate of drug-likeness (QED) is 0.519. The highest BCUT2D eigenvalue weighted by molar-refractivity contribution is 5.98. The summed E-state index contributed by atoms with van der Waals surface area (Å²) >= 11 is 0. The summed E-state index contributed by atoms with van der Waals surface area (Å²) in [7, 11) is 0. The van der Waals surface area contributed by atoms with E-state index >= 15 is 0 Å². The zero-order chi connectivity index (χ0) is 21.9. The van der Waals surface area contributed by atoms with E-state index in [9.17, 15) is 14.4 Å². The SMILES string of the molecule is CCCC(=O)Nc1cccc(CNC(=O)CCC(=O)c2ccc(CC(C)C)cc2)c1. The summed E-state index contributed by atoms with van der Waals surface area (Å²) in [5.41, 5.74) is 3.47. The first-order valence-electron chi connectivity index (χ1n) is 10.6. The van der Waals surface area contributed by atoms with Crippen LogP contribution in [0.15, 0.2) is 48.5 Å². The summed E-state index contributed by atoms with van der Waals surface area (Å²) < 4.78 is 0. The monoisotopic (exact) mass is 408 g/mol. The zero-order valence-electron chi connectivity index (χ0n) is 18.2. The molecule has 0 radical (unpaired) electrons. The van der Waals surface area contributed by atoms with Gasteiger partial charge in [-0.1, -0.05) is 57.2 Å². The molecule has 2 N–H and O–H groups in total. The maximum atomic E-state index is 12.3. The van der Waals surface area contributed by atoms with Gasteiger partial charge in [0.2, 0.25) is 11.8 Å². The van der Waals surface area contributed by atoms with Crippen molar-refractivity contribution in [1.29, 1.82) is 0 Å². The van der Waals surface area contributed by atoms with Crippen LogP contribution in [0.5, 0.6) is 0 Å². The van der Waals surface area contributed by atoms with Gasteiger partial charge in [0.1, 0.15) is 0 Å². The summed E-state index contributed by atoms with van der Waals surface area (Å²) in [6.07, 6.45) is 2.60. The van der Waals surface area contributed by atoms with Gasteiger partial charge >= 0.3 is 0 Å². The highest BCUT2D eigenvalue weighted by Gasteiger charge is 2.10. The topological polar surface area (TPSA) is 75.3 Å². The molecule has 30 heavy (non-hydrogen) atoms. The van der Waals surface area contributed by atoms with Crippen LogP contribution in [0.2, 0.25) is 0 Å². The number of ketones is 1. The summed E-state index contributed by atoms with van der Waals surface area (Å²) in [4.78, 5) is 36.2. The van der Waals surface area contributed by atoms with Crippen molar-refractivity contribution in [1.82, 2.24) is 5.32 Å². The average molecular weight is 409 g/mol. The predicted molar refractivity (Wildman–Crippen MR) is 120 cm³/mol. The van der Waals surface area contributed by atoms with Crippen LogP contribution in [-0.4, -0.2) is 17.6 Å². The number of anilines is 1. The Hall–Kier alpha value is -2.95. The lowest BCUT2D eigenvalue weighted by atomic mass is 9.99. The minimum atomic E-state index is -0.166. The molecule has 0 saturated carbocycles. The van der Waals surface area contributed by atoms with Gasteiger partial charge in [-0.25, -0.2) is 0 Å². The second-order valence-electron chi connectivity index (χ2n) is 7.99. The number of hydrogen-bond donors (Lipinski definition) is 2. The van der Waals surface area contributed by atoms with Gasteiger partial charge in [-0.15, -0.1) is 0 Å². The molecule has 0 aliphatic heterocycles. The number of carbonyl (C=O) groups excluding carboxylic acids is 3. The van der Waals surface area contributed by atoms with Crippen molar-refractivity contribution in [3.63, 3.8) is 0 Å². The Kier molecular flexibility index (Phi) is 9.26. The summed E-state index contributed by atoms with van der Waals surface area (Å²) in [6.45, 7) is 6.64. The van der Waals surface area contributed by atoms with Gasteiger partial charge < -0.3 is 10.6 Å². The molecule has 0 unspecified atom stereocenters. The van der Waals surface area contributed by atoms with Crippen molar-refractivity contribution in [2.45, 2.75) is 59.4 Å². The van der Waals surface area contributed by atoms with Gasteiger partial charge in [-0.05, 0) is 42.0 Å². The van der Waals surface area contributed by atoms with Crippen LogP contribution in [-0.2, 0) is 22.6 Å². The van der Waals surface area contributed by atoms with Crippen LogP contribution in [0, 0.1) is 5.92 Å². The average Bonchev–Trinajstić information content (AvgIpc) is 2.71. The van der Waals surface area contributed by atoms with Gasteiger partial charge in [0, 0.05) is 37.1 Å². The lowest BCUT2D eigenvalue weighted by Crippen LogP contribution is -2.23. The number of carbonyl (C=O) groups is 3. The molecule has 0 spiro atoms. The molecule has 0 heterocycles. The number of amides is 2. The fourth-order valence-electron chi connectivity index (χ4n) is 3.17. The van der Waals surface area contributed by atoms with E-state index in [2.05, 4.69) is 24.5 Å². The molecular formula is C25H32N2O3. The van der Waals surface area contributed by atoms with Crippen molar-refractivity contribution in [2.24, 2.45) is 5.92 Å². The second kappa shape index (κ2) is 11.9. The zero-order valence-corrected chi connectivity index (χ0v) is 18.2. The van der Waals surface area contributed by atoms with Gasteiger partial charge in [-0.3, -0.25) is 14.4 Å². The van der Waals surface area contributed by atoms with E-state index in [1.165, 1.54) is 5.56 Å². The highest BCUT2D eigenvalue weighted by Crippen LogP contribution is 2.13. The number of benzene rings is 2. The molecule has 0 aromatic heterocycles. The third kappa shape index (κ3) is 8.19. The van der Waals surface area contributed by atoms with Crippen molar-refractivity contribution < 1.29 is 14.4 Å². The second-order valence-corrected chi connectivity index (χ2v) is 7.99. The maximum absolute atomic E-state index is 12.3. The van der Waals surface area contributed by atoms with Crippen molar-refractivity contribution in [2.75, 3.05) is 5.32 Å². The molecule has 0 fully saturated rings.